The highest BCUT2D eigenvalue weighted by atomic mass is 19.3. The Hall–Kier alpha value is -1.06. The number of hydrogen-bond acceptors (Lipinski definition) is 1. The molecular formula is C8H8F3N. The number of halogens is 3. The molecule has 1 heterocycles. The first-order valence-electron chi connectivity index (χ1n) is 3.45. The van der Waals surface area contributed by atoms with Gasteiger partial charge >= 0.3 is 0 Å². The van der Waals surface area contributed by atoms with E-state index in [-0.39, 0.29) is 5.56 Å². The predicted octanol–water partition coefficient (Wildman–Crippen LogP) is 2.80. The van der Waals surface area contributed by atoms with Crippen molar-refractivity contribution in [2.45, 2.75) is 20.0 Å². The minimum absolute atomic E-state index is 0.0319. The first-order valence-corrected chi connectivity index (χ1v) is 3.45. The summed E-state index contributed by atoms with van der Waals surface area (Å²) in [6.07, 6.45) is -2.70. The molecule has 0 atom stereocenters. The van der Waals surface area contributed by atoms with Gasteiger partial charge in [0, 0.05) is 11.3 Å². The molecule has 4 heteroatoms. The molecule has 66 valence electrons. The summed E-state index contributed by atoms with van der Waals surface area (Å²) >= 11 is 0. The molecule has 0 saturated heterocycles. The van der Waals surface area contributed by atoms with Crippen molar-refractivity contribution in [2.75, 3.05) is 0 Å². The highest BCUT2D eigenvalue weighted by Crippen LogP contribution is 2.21. The van der Waals surface area contributed by atoms with E-state index in [1.54, 1.807) is 6.92 Å². The lowest BCUT2D eigenvalue weighted by Gasteiger charge is -2.04. The molecule has 0 aliphatic carbocycles. The van der Waals surface area contributed by atoms with Gasteiger partial charge in [-0.1, -0.05) is 6.07 Å². The van der Waals surface area contributed by atoms with Crippen LogP contribution in [-0.2, 0) is 6.67 Å². The van der Waals surface area contributed by atoms with Gasteiger partial charge in [-0.05, 0) is 13.0 Å². The van der Waals surface area contributed by atoms with E-state index < -0.39 is 18.8 Å². The third kappa shape index (κ3) is 1.75. The van der Waals surface area contributed by atoms with Crippen molar-refractivity contribution in [2.24, 2.45) is 0 Å². The normalized spacial score (nSPS) is 10.8. The van der Waals surface area contributed by atoms with Crippen LogP contribution in [0.25, 0.3) is 0 Å². The zero-order valence-electron chi connectivity index (χ0n) is 6.52. The van der Waals surface area contributed by atoms with Gasteiger partial charge in [-0.3, -0.25) is 4.98 Å². The molecule has 1 aromatic rings. The predicted molar refractivity (Wildman–Crippen MR) is 38.7 cm³/mol. The summed E-state index contributed by atoms with van der Waals surface area (Å²) in [5.74, 6) is 0. The Morgan fingerprint density at radius 1 is 1.42 bits per heavy atom. The number of pyridine rings is 1. The van der Waals surface area contributed by atoms with Crippen molar-refractivity contribution in [1.82, 2.24) is 4.98 Å². The van der Waals surface area contributed by atoms with E-state index >= 15 is 0 Å². The van der Waals surface area contributed by atoms with Crippen molar-refractivity contribution >= 4 is 0 Å². The standard InChI is InChI=1S/C8H8F3N/c1-5-2-3-6(4-9)7(12-5)8(10)11/h2-3,8H,4H2,1H3. The number of nitrogens with zero attached hydrogens (tertiary/aromatic N) is 1. The van der Waals surface area contributed by atoms with Crippen LogP contribution in [0.3, 0.4) is 0 Å². The Morgan fingerprint density at radius 3 is 2.58 bits per heavy atom. The van der Waals surface area contributed by atoms with Gasteiger partial charge in [0.15, 0.2) is 0 Å². The van der Waals surface area contributed by atoms with E-state index in [0.29, 0.717) is 5.69 Å². The van der Waals surface area contributed by atoms with E-state index in [4.69, 9.17) is 0 Å². The van der Waals surface area contributed by atoms with Gasteiger partial charge < -0.3 is 0 Å². The van der Waals surface area contributed by atoms with Crippen LogP contribution in [0.2, 0.25) is 0 Å². The molecule has 0 saturated carbocycles. The minimum atomic E-state index is -2.70. The molecule has 0 bridgehead atoms. The maximum atomic E-state index is 12.2. The van der Waals surface area contributed by atoms with E-state index in [1.807, 2.05) is 0 Å². The average molecular weight is 175 g/mol. The fourth-order valence-electron chi connectivity index (χ4n) is 0.908. The largest absolute Gasteiger partial charge is 0.280 e. The van der Waals surface area contributed by atoms with Crippen molar-refractivity contribution in [3.8, 4) is 0 Å². The Bertz CT molecular complexity index is 273. The summed E-state index contributed by atoms with van der Waals surface area (Å²) in [5, 5.41) is 0. The molecule has 0 unspecified atom stereocenters. The highest BCUT2D eigenvalue weighted by Gasteiger charge is 2.14. The fraction of sp³-hybridized carbons (Fsp3) is 0.375. The summed E-state index contributed by atoms with van der Waals surface area (Å²) in [7, 11) is 0. The van der Waals surface area contributed by atoms with Gasteiger partial charge in [0.05, 0.1) is 0 Å². The average Bonchev–Trinajstić information content (AvgIpc) is 2.04. The number of alkyl halides is 3. The third-order valence-corrected chi connectivity index (χ3v) is 1.50. The molecular weight excluding hydrogens is 167 g/mol. The summed E-state index contributed by atoms with van der Waals surface area (Å²) in [4.78, 5) is 3.55. The van der Waals surface area contributed by atoms with Crippen molar-refractivity contribution in [1.29, 1.82) is 0 Å². The maximum Gasteiger partial charge on any atom is 0.280 e. The maximum absolute atomic E-state index is 12.2. The van der Waals surface area contributed by atoms with Crippen LogP contribution in [0.1, 0.15) is 23.4 Å². The van der Waals surface area contributed by atoms with Crippen LogP contribution < -0.4 is 0 Å². The lowest BCUT2D eigenvalue weighted by atomic mass is 10.2. The van der Waals surface area contributed by atoms with Gasteiger partial charge in [-0.15, -0.1) is 0 Å². The van der Waals surface area contributed by atoms with Crippen molar-refractivity contribution in [3.63, 3.8) is 0 Å². The van der Waals surface area contributed by atoms with Gasteiger partial charge in [0.2, 0.25) is 0 Å². The second-order valence-corrected chi connectivity index (χ2v) is 2.43. The molecule has 0 fully saturated rings. The lowest BCUT2D eigenvalue weighted by molar-refractivity contribution is 0.143. The lowest BCUT2D eigenvalue weighted by Crippen LogP contribution is -1.98. The number of aryl methyl sites for hydroxylation is 1. The van der Waals surface area contributed by atoms with Crippen LogP contribution in [0, 0.1) is 6.92 Å². The summed E-state index contributed by atoms with van der Waals surface area (Å²) in [6, 6.07) is 2.85. The summed E-state index contributed by atoms with van der Waals surface area (Å²) < 4.78 is 36.4. The van der Waals surface area contributed by atoms with Crippen LogP contribution in [0.15, 0.2) is 12.1 Å². The number of aromatic nitrogens is 1. The zero-order chi connectivity index (χ0) is 9.14. The van der Waals surface area contributed by atoms with E-state index in [2.05, 4.69) is 4.98 Å². The fourth-order valence-corrected chi connectivity index (χ4v) is 0.908. The molecule has 1 nitrogen and oxygen atoms in total. The topological polar surface area (TPSA) is 12.9 Å². The van der Waals surface area contributed by atoms with E-state index in [0.717, 1.165) is 0 Å². The van der Waals surface area contributed by atoms with Gasteiger partial charge in [0.1, 0.15) is 12.4 Å². The molecule has 0 aliphatic heterocycles. The second kappa shape index (κ2) is 3.56. The Balaban J connectivity index is 3.12. The monoisotopic (exact) mass is 175 g/mol. The Kier molecular flexibility index (Phi) is 2.68. The smallest absolute Gasteiger partial charge is 0.252 e. The van der Waals surface area contributed by atoms with Crippen LogP contribution >= 0.6 is 0 Å². The zero-order valence-corrected chi connectivity index (χ0v) is 6.52. The van der Waals surface area contributed by atoms with Crippen molar-refractivity contribution < 1.29 is 13.2 Å². The quantitative estimate of drug-likeness (QED) is 0.673. The molecule has 0 N–H and O–H groups in total. The third-order valence-electron chi connectivity index (χ3n) is 1.50. The molecule has 0 aliphatic rings. The molecule has 0 spiro atoms. The molecule has 0 amide bonds. The van der Waals surface area contributed by atoms with Crippen molar-refractivity contribution in [3.05, 3.63) is 29.1 Å². The molecule has 1 rings (SSSR count). The SMILES string of the molecule is Cc1ccc(CF)c(C(F)F)n1. The first kappa shape index (κ1) is 9.03. The van der Waals surface area contributed by atoms with E-state index in [9.17, 15) is 13.2 Å². The van der Waals surface area contributed by atoms with Crippen LogP contribution in [-0.4, -0.2) is 4.98 Å². The second-order valence-electron chi connectivity index (χ2n) is 2.43. The number of hydrogen-bond donors (Lipinski definition) is 0. The Labute approximate surface area is 68.2 Å². The molecule has 12 heavy (non-hydrogen) atoms. The van der Waals surface area contributed by atoms with Gasteiger partial charge in [-0.2, -0.15) is 0 Å². The van der Waals surface area contributed by atoms with Gasteiger partial charge in [-0.25, -0.2) is 13.2 Å². The van der Waals surface area contributed by atoms with Crippen LogP contribution in [0.4, 0.5) is 13.2 Å². The summed E-state index contributed by atoms with van der Waals surface area (Å²) in [5.41, 5.74) is -0.00407. The highest BCUT2D eigenvalue weighted by molar-refractivity contribution is 5.22. The minimum Gasteiger partial charge on any atom is -0.252 e. The van der Waals surface area contributed by atoms with E-state index in [1.165, 1.54) is 12.1 Å². The molecule has 0 radical (unpaired) electrons. The number of rotatable bonds is 2. The van der Waals surface area contributed by atoms with Gasteiger partial charge in [0.25, 0.3) is 6.43 Å². The summed E-state index contributed by atoms with van der Waals surface area (Å²) in [6.45, 7) is 0.695. The van der Waals surface area contributed by atoms with Crippen LogP contribution in [0.5, 0.6) is 0 Å². The molecule has 0 aromatic carbocycles. The first-order chi connectivity index (χ1) is 5.65. The molecule has 1 aromatic heterocycles. The Morgan fingerprint density at radius 2 is 2.08 bits per heavy atom.